The molecule has 0 amide bonds. The third-order valence-electron chi connectivity index (χ3n) is 5.02. The molecule has 3 aromatic carbocycles. The number of fused-ring (bicyclic) bond motifs is 1. The maximum atomic E-state index is 13.4. The van der Waals surface area contributed by atoms with Crippen LogP contribution in [0.25, 0.3) is 22.3 Å². The van der Waals surface area contributed by atoms with Crippen LogP contribution in [0.4, 0.5) is 18.9 Å². The van der Waals surface area contributed by atoms with E-state index in [1.54, 1.807) is 12.1 Å². The molecule has 0 aliphatic rings. The maximum Gasteiger partial charge on any atom is 0.416 e. The van der Waals surface area contributed by atoms with Crippen LogP contribution in [0.1, 0.15) is 18.1 Å². The third-order valence-corrected chi connectivity index (χ3v) is 5.48. The summed E-state index contributed by atoms with van der Waals surface area (Å²) in [6.07, 6.45) is -3.62. The van der Waals surface area contributed by atoms with E-state index in [1.807, 2.05) is 0 Å². The van der Waals surface area contributed by atoms with Crippen LogP contribution in [0.3, 0.4) is 0 Å². The molecule has 0 bridgehead atoms. The van der Waals surface area contributed by atoms with Crippen molar-refractivity contribution in [2.75, 3.05) is 0 Å². The van der Waals surface area contributed by atoms with E-state index in [2.05, 4.69) is 26.0 Å². The van der Waals surface area contributed by atoms with Gasteiger partial charge in [-0.3, -0.25) is 19.7 Å². The molecule has 0 unspecified atom stereocenters. The van der Waals surface area contributed by atoms with Crippen LogP contribution in [0.15, 0.2) is 75.0 Å². The fraction of sp³-hybridized carbons (Fsp3) is 0.0833. The second kappa shape index (κ2) is 9.93. The second-order valence-electron chi connectivity index (χ2n) is 7.59. The van der Waals surface area contributed by atoms with Gasteiger partial charge in [-0.05, 0) is 30.3 Å². The largest absolute Gasteiger partial charge is 0.419 e. The molecule has 9 nitrogen and oxygen atoms in total. The number of alkyl halides is 3. The lowest BCUT2D eigenvalue weighted by atomic mass is 10.1. The molecule has 0 atom stereocenters. The molecule has 0 spiro atoms. The van der Waals surface area contributed by atoms with Gasteiger partial charge in [-0.2, -0.15) is 22.9 Å². The number of carbonyl (C=O) groups excluding carboxylic acids is 1. The van der Waals surface area contributed by atoms with Gasteiger partial charge >= 0.3 is 17.8 Å². The van der Waals surface area contributed by atoms with Crippen LogP contribution in [-0.4, -0.2) is 26.8 Å². The third kappa shape index (κ3) is 5.40. The number of carbonyl (C=O) groups is 1. The summed E-state index contributed by atoms with van der Waals surface area (Å²) in [5.74, 6) is -1.47. The molecule has 1 aromatic heterocycles. The molecule has 0 radical (unpaired) electrons. The van der Waals surface area contributed by atoms with Crippen LogP contribution in [0.5, 0.6) is 5.75 Å². The van der Waals surface area contributed by atoms with Gasteiger partial charge in [0.2, 0.25) is 5.75 Å². The van der Waals surface area contributed by atoms with Gasteiger partial charge < -0.3 is 4.74 Å². The van der Waals surface area contributed by atoms with Crippen molar-refractivity contribution in [1.29, 1.82) is 0 Å². The first-order valence-corrected chi connectivity index (χ1v) is 11.1. The van der Waals surface area contributed by atoms with Crippen LogP contribution >= 0.6 is 15.9 Å². The molecule has 1 heterocycles. The Morgan fingerprint density at radius 2 is 1.89 bits per heavy atom. The van der Waals surface area contributed by atoms with Crippen molar-refractivity contribution in [1.82, 2.24) is 9.66 Å². The molecule has 4 rings (SSSR count). The van der Waals surface area contributed by atoms with E-state index in [4.69, 9.17) is 4.74 Å². The van der Waals surface area contributed by atoms with Gasteiger partial charge in [0, 0.05) is 28.6 Å². The van der Waals surface area contributed by atoms with E-state index in [-0.39, 0.29) is 32.3 Å². The zero-order chi connectivity index (χ0) is 26.9. The Morgan fingerprint density at radius 1 is 1.16 bits per heavy atom. The van der Waals surface area contributed by atoms with Crippen molar-refractivity contribution >= 4 is 44.7 Å². The molecular weight excluding hydrogens is 561 g/mol. The Balaban J connectivity index is 1.98. The highest BCUT2D eigenvalue weighted by molar-refractivity contribution is 9.10. The van der Waals surface area contributed by atoms with E-state index in [1.165, 1.54) is 30.3 Å². The first-order valence-electron chi connectivity index (χ1n) is 10.4. The van der Waals surface area contributed by atoms with E-state index < -0.39 is 39.6 Å². The molecule has 0 aliphatic heterocycles. The number of esters is 1. The summed E-state index contributed by atoms with van der Waals surface area (Å²) in [6.45, 7) is 1.05. The predicted octanol–water partition coefficient (Wildman–Crippen LogP) is 5.56. The lowest BCUT2D eigenvalue weighted by Crippen LogP contribution is -2.20. The number of ether oxygens (including phenoxy) is 1. The number of nitro benzene ring substituents is 1. The van der Waals surface area contributed by atoms with E-state index in [0.717, 1.165) is 36.0 Å². The normalized spacial score (nSPS) is 11.7. The molecule has 0 fully saturated rings. The number of hydrogen-bond donors (Lipinski definition) is 0. The van der Waals surface area contributed by atoms with E-state index >= 15 is 0 Å². The van der Waals surface area contributed by atoms with Gasteiger partial charge in [-0.15, -0.1) is 0 Å². The number of nitro groups is 1. The summed E-state index contributed by atoms with van der Waals surface area (Å²) in [6, 6.07) is 12.9. The van der Waals surface area contributed by atoms with Crippen molar-refractivity contribution in [2.45, 2.75) is 13.1 Å². The van der Waals surface area contributed by atoms with Crippen molar-refractivity contribution in [3.63, 3.8) is 0 Å². The van der Waals surface area contributed by atoms with Crippen molar-refractivity contribution in [3.05, 3.63) is 96.7 Å². The zero-order valence-corrected chi connectivity index (χ0v) is 20.3. The van der Waals surface area contributed by atoms with Gasteiger partial charge in [-0.25, -0.2) is 4.98 Å². The molecule has 0 saturated heterocycles. The lowest BCUT2D eigenvalue weighted by molar-refractivity contribution is -0.385. The first-order chi connectivity index (χ1) is 17.5. The zero-order valence-electron chi connectivity index (χ0n) is 18.7. The summed E-state index contributed by atoms with van der Waals surface area (Å²) >= 11 is 3.14. The Bertz CT molecular complexity index is 1650. The fourth-order valence-electron chi connectivity index (χ4n) is 3.46. The molecule has 4 aromatic rings. The molecular formula is C24H14BrF3N4O5. The number of aromatic nitrogens is 2. The number of halogens is 4. The van der Waals surface area contributed by atoms with Crippen LogP contribution in [-0.2, 0) is 11.0 Å². The molecule has 37 heavy (non-hydrogen) atoms. The van der Waals surface area contributed by atoms with Crippen molar-refractivity contribution in [3.8, 4) is 17.1 Å². The predicted molar refractivity (Wildman–Crippen MR) is 132 cm³/mol. The highest BCUT2D eigenvalue weighted by atomic mass is 79.9. The molecule has 13 heteroatoms. The quantitative estimate of drug-likeness (QED) is 0.101. The number of benzene rings is 3. The number of hydrogen-bond acceptors (Lipinski definition) is 7. The SMILES string of the molecule is CC(=O)Oc1c(C=Nn2c(-c3cccc(C(F)(F)F)c3)nc3ccccc3c2=O)cc(Br)cc1[N+](=O)[O-]. The van der Waals surface area contributed by atoms with Crippen LogP contribution in [0, 0.1) is 10.1 Å². The van der Waals surface area contributed by atoms with Crippen molar-refractivity contribution < 1.29 is 27.6 Å². The minimum Gasteiger partial charge on any atom is -0.419 e. The number of rotatable bonds is 5. The van der Waals surface area contributed by atoms with Crippen LogP contribution in [0.2, 0.25) is 0 Å². The van der Waals surface area contributed by atoms with Gasteiger partial charge in [0.25, 0.3) is 5.56 Å². The second-order valence-corrected chi connectivity index (χ2v) is 8.50. The Labute approximate surface area is 214 Å². The molecule has 0 aliphatic carbocycles. The first kappa shape index (κ1) is 25.7. The van der Waals surface area contributed by atoms with Gasteiger partial charge in [0.15, 0.2) is 5.82 Å². The molecule has 188 valence electrons. The Morgan fingerprint density at radius 3 is 2.57 bits per heavy atom. The lowest BCUT2D eigenvalue weighted by Gasteiger charge is -2.12. The molecule has 0 saturated carbocycles. The summed E-state index contributed by atoms with van der Waals surface area (Å²) in [7, 11) is 0. The Kier molecular flexibility index (Phi) is 6.90. The minimum atomic E-state index is -4.64. The average molecular weight is 575 g/mol. The topological polar surface area (TPSA) is 117 Å². The Hall–Kier alpha value is -4.39. The summed E-state index contributed by atoms with van der Waals surface area (Å²) in [5, 5.41) is 15.8. The highest BCUT2D eigenvalue weighted by Gasteiger charge is 2.31. The average Bonchev–Trinajstić information content (AvgIpc) is 2.83. The summed E-state index contributed by atoms with van der Waals surface area (Å²) in [5.41, 5.74) is -2.07. The van der Waals surface area contributed by atoms with Crippen molar-refractivity contribution in [2.24, 2.45) is 5.10 Å². The molecule has 0 N–H and O–H groups in total. The fourth-order valence-corrected chi connectivity index (χ4v) is 3.92. The van der Waals surface area contributed by atoms with E-state index in [9.17, 15) is 32.9 Å². The van der Waals surface area contributed by atoms with Gasteiger partial charge in [-0.1, -0.05) is 40.2 Å². The van der Waals surface area contributed by atoms with Crippen LogP contribution < -0.4 is 10.3 Å². The monoisotopic (exact) mass is 574 g/mol. The maximum absolute atomic E-state index is 13.4. The summed E-state index contributed by atoms with van der Waals surface area (Å²) < 4.78 is 46.1. The minimum absolute atomic E-state index is 0.0461. The smallest absolute Gasteiger partial charge is 0.416 e. The highest BCUT2D eigenvalue weighted by Crippen LogP contribution is 2.35. The summed E-state index contributed by atoms with van der Waals surface area (Å²) in [4.78, 5) is 40.0. The van der Waals surface area contributed by atoms with Gasteiger partial charge in [0.1, 0.15) is 0 Å². The number of para-hydroxylation sites is 1. The van der Waals surface area contributed by atoms with Gasteiger partial charge in [0.05, 0.1) is 27.6 Å². The standard InChI is InChI=1S/C24H14BrF3N4O5/c1-13(33)37-21-15(10-17(25)11-20(21)32(35)36)12-29-31-22(14-5-4-6-16(9-14)24(26,27)28)30-19-8-3-2-7-18(19)23(31)34/h2-12H,1H3. The number of nitrogens with zero attached hydrogens (tertiary/aromatic N) is 4. The van der Waals surface area contributed by atoms with E-state index in [0.29, 0.717) is 0 Å².